The van der Waals surface area contributed by atoms with E-state index in [1.807, 2.05) is 51.1 Å². The van der Waals surface area contributed by atoms with E-state index in [4.69, 9.17) is 5.73 Å². The Balaban J connectivity index is 0.00000324. The Kier molecular flexibility index (Phi) is 8.19. The first-order chi connectivity index (χ1) is 8.50. The van der Waals surface area contributed by atoms with E-state index in [0.717, 1.165) is 5.69 Å². The Morgan fingerprint density at radius 3 is 2.32 bits per heavy atom. The van der Waals surface area contributed by atoms with Crippen LogP contribution in [0.25, 0.3) is 0 Å². The number of para-hydroxylation sites is 1. The van der Waals surface area contributed by atoms with Crippen LogP contribution in [0.1, 0.15) is 20.8 Å². The molecule has 2 atom stereocenters. The smallest absolute Gasteiger partial charge is 0.237 e. The van der Waals surface area contributed by atoms with Crippen LogP contribution in [-0.4, -0.2) is 24.5 Å². The number of nitrogens with one attached hydrogen (secondary N) is 2. The summed E-state index contributed by atoms with van der Waals surface area (Å²) in [6, 6.07) is 9.51. The highest BCUT2D eigenvalue weighted by molar-refractivity contribution is 5.85. The second-order valence-electron chi connectivity index (χ2n) is 4.93. The van der Waals surface area contributed by atoms with Crippen molar-refractivity contribution in [2.45, 2.75) is 32.9 Å². The summed E-state index contributed by atoms with van der Waals surface area (Å²) in [6.07, 6.45) is 0. The molecule has 0 radical (unpaired) electrons. The number of amides is 1. The summed E-state index contributed by atoms with van der Waals surface area (Å²) < 4.78 is 0. The number of hydrogen-bond donors (Lipinski definition) is 3. The van der Waals surface area contributed by atoms with Crippen LogP contribution in [0.5, 0.6) is 0 Å². The molecule has 1 aromatic rings. The lowest BCUT2D eigenvalue weighted by molar-refractivity contribution is -0.123. The maximum Gasteiger partial charge on any atom is 0.237 e. The molecule has 0 aliphatic rings. The van der Waals surface area contributed by atoms with E-state index < -0.39 is 6.04 Å². The van der Waals surface area contributed by atoms with Gasteiger partial charge in [0.15, 0.2) is 0 Å². The first-order valence-corrected chi connectivity index (χ1v) is 6.35. The van der Waals surface area contributed by atoms with Crippen LogP contribution in [0.2, 0.25) is 0 Å². The molecular weight excluding hydrogens is 262 g/mol. The predicted molar refractivity (Wildman–Crippen MR) is 82.6 cm³/mol. The monoisotopic (exact) mass is 285 g/mol. The van der Waals surface area contributed by atoms with Gasteiger partial charge in [-0.2, -0.15) is 0 Å². The van der Waals surface area contributed by atoms with Gasteiger partial charge in [0.05, 0.1) is 6.04 Å². The second kappa shape index (κ2) is 8.77. The highest BCUT2D eigenvalue weighted by Crippen LogP contribution is 2.05. The molecule has 0 bridgehead atoms. The van der Waals surface area contributed by atoms with Crippen LogP contribution >= 0.6 is 12.4 Å². The van der Waals surface area contributed by atoms with Crippen molar-refractivity contribution in [1.82, 2.24) is 5.32 Å². The summed E-state index contributed by atoms with van der Waals surface area (Å²) in [6.45, 7) is 6.52. The van der Waals surface area contributed by atoms with Gasteiger partial charge in [-0.05, 0) is 25.0 Å². The maximum absolute atomic E-state index is 11.7. The average Bonchev–Trinajstić information content (AvgIpc) is 2.36. The van der Waals surface area contributed by atoms with Gasteiger partial charge in [0, 0.05) is 18.3 Å². The van der Waals surface area contributed by atoms with Crippen molar-refractivity contribution in [1.29, 1.82) is 0 Å². The van der Waals surface area contributed by atoms with E-state index in [-0.39, 0.29) is 30.3 Å². The third-order valence-electron chi connectivity index (χ3n) is 2.80. The van der Waals surface area contributed by atoms with E-state index >= 15 is 0 Å². The molecule has 4 N–H and O–H groups in total. The van der Waals surface area contributed by atoms with Gasteiger partial charge in [-0.25, -0.2) is 0 Å². The Hall–Kier alpha value is -1.26. The first-order valence-electron chi connectivity index (χ1n) is 6.35. The van der Waals surface area contributed by atoms with E-state index in [1.165, 1.54) is 0 Å². The van der Waals surface area contributed by atoms with Crippen molar-refractivity contribution in [3.05, 3.63) is 30.3 Å². The second-order valence-corrected chi connectivity index (χ2v) is 4.93. The molecule has 5 heteroatoms. The molecule has 0 saturated heterocycles. The zero-order chi connectivity index (χ0) is 13.5. The summed E-state index contributed by atoms with van der Waals surface area (Å²) in [7, 11) is 0. The standard InChI is InChI=1S/C14H23N3O.ClH/c1-10(2)13(15)14(18)17-11(3)9-16-12-7-5-4-6-8-12;/h4-8,10-11,13,16H,9,15H2,1-3H3,(H,17,18);1H/t11?,13-;/m0./s1. The van der Waals surface area contributed by atoms with Crippen LogP contribution in [0, 0.1) is 5.92 Å². The number of benzene rings is 1. The summed E-state index contributed by atoms with van der Waals surface area (Å²) in [5.41, 5.74) is 6.83. The highest BCUT2D eigenvalue weighted by atomic mass is 35.5. The van der Waals surface area contributed by atoms with Crippen molar-refractivity contribution in [2.24, 2.45) is 11.7 Å². The zero-order valence-corrected chi connectivity index (χ0v) is 12.5. The third-order valence-corrected chi connectivity index (χ3v) is 2.80. The Labute approximate surface area is 121 Å². The van der Waals surface area contributed by atoms with Crippen molar-refractivity contribution in [3.8, 4) is 0 Å². The lowest BCUT2D eigenvalue weighted by atomic mass is 10.0. The number of halogens is 1. The van der Waals surface area contributed by atoms with Crippen LogP contribution < -0.4 is 16.4 Å². The fourth-order valence-corrected chi connectivity index (χ4v) is 1.52. The fraction of sp³-hybridized carbons (Fsp3) is 0.500. The van der Waals surface area contributed by atoms with E-state index in [0.29, 0.717) is 6.54 Å². The molecule has 0 heterocycles. The van der Waals surface area contributed by atoms with Gasteiger partial charge in [0.25, 0.3) is 0 Å². The van der Waals surface area contributed by atoms with E-state index in [2.05, 4.69) is 10.6 Å². The summed E-state index contributed by atoms with van der Waals surface area (Å²) in [5, 5.41) is 6.17. The number of anilines is 1. The van der Waals surface area contributed by atoms with Crippen LogP contribution in [0.15, 0.2) is 30.3 Å². The minimum atomic E-state index is -0.441. The molecule has 0 aliphatic heterocycles. The van der Waals surface area contributed by atoms with Gasteiger partial charge >= 0.3 is 0 Å². The van der Waals surface area contributed by atoms with Crippen LogP contribution in [0.4, 0.5) is 5.69 Å². The summed E-state index contributed by atoms with van der Waals surface area (Å²) in [5.74, 6) is 0.0617. The number of hydrogen-bond acceptors (Lipinski definition) is 3. The summed E-state index contributed by atoms with van der Waals surface area (Å²) >= 11 is 0. The number of carbonyl (C=O) groups excluding carboxylic acids is 1. The molecule has 1 aromatic carbocycles. The van der Waals surface area contributed by atoms with E-state index in [1.54, 1.807) is 0 Å². The minimum absolute atomic E-state index is 0. The van der Waals surface area contributed by atoms with Gasteiger partial charge in [-0.3, -0.25) is 4.79 Å². The highest BCUT2D eigenvalue weighted by Gasteiger charge is 2.18. The largest absolute Gasteiger partial charge is 0.383 e. The molecule has 108 valence electrons. The topological polar surface area (TPSA) is 67.1 Å². The molecule has 4 nitrogen and oxygen atoms in total. The molecule has 1 amide bonds. The number of nitrogens with two attached hydrogens (primary N) is 1. The predicted octanol–water partition coefficient (Wildman–Crippen LogP) is 2.01. The Morgan fingerprint density at radius 2 is 1.79 bits per heavy atom. The number of rotatable bonds is 6. The fourth-order valence-electron chi connectivity index (χ4n) is 1.52. The van der Waals surface area contributed by atoms with Gasteiger partial charge in [0.2, 0.25) is 5.91 Å². The van der Waals surface area contributed by atoms with Crippen molar-refractivity contribution in [3.63, 3.8) is 0 Å². The average molecular weight is 286 g/mol. The van der Waals surface area contributed by atoms with Gasteiger partial charge < -0.3 is 16.4 Å². The van der Waals surface area contributed by atoms with Gasteiger partial charge in [-0.1, -0.05) is 32.0 Å². The molecule has 0 saturated carbocycles. The van der Waals surface area contributed by atoms with Crippen LogP contribution in [-0.2, 0) is 4.79 Å². The number of carbonyl (C=O) groups is 1. The van der Waals surface area contributed by atoms with Gasteiger partial charge in [-0.15, -0.1) is 12.4 Å². The Bertz CT molecular complexity index is 370. The molecule has 0 fully saturated rings. The molecule has 0 aliphatic carbocycles. The van der Waals surface area contributed by atoms with E-state index in [9.17, 15) is 4.79 Å². The SMILES string of the molecule is CC(CNc1ccccc1)NC(=O)[C@@H](N)C(C)C.Cl. The van der Waals surface area contributed by atoms with Gasteiger partial charge in [0.1, 0.15) is 0 Å². The quantitative estimate of drug-likeness (QED) is 0.749. The minimum Gasteiger partial charge on any atom is -0.383 e. The third kappa shape index (κ3) is 6.45. The molecule has 1 unspecified atom stereocenters. The molecule has 19 heavy (non-hydrogen) atoms. The lowest BCUT2D eigenvalue weighted by Gasteiger charge is -2.20. The van der Waals surface area contributed by atoms with Crippen molar-refractivity contribution in [2.75, 3.05) is 11.9 Å². The van der Waals surface area contributed by atoms with Crippen molar-refractivity contribution < 1.29 is 4.79 Å². The lowest BCUT2D eigenvalue weighted by Crippen LogP contribution is -2.48. The van der Waals surface area contributed by atoms with Crippen molar-refractivity contribution >= 4 is 24.0 Å². The summed E-state index contributed by atoms with van der Waals surface area (Å²) in [4.78, 5) is 11.7. The molecule has 0 spiro atoms. The first kappa shape index (κ1) is 17.7. The zero-order valence-electron chi connectivity index (χ0n) is 11.7. The van der Waals surface area contributed by atoms with Crippen LogP contribution in [0.3, 0.4) is 0 Å². The Morgan fingerprint density at radius 1 is 1.21 bits per heavy atom. The molecular formula is C14H24ClN3O. The maximum atomic E-state index is 11.7. The molecule has 0 aromatic heterocycles. The molecule has 1 rings (SSSR count). The normalized spacial score (nSPS) is 13.3.